The maximum Gasteiger partial charge on any atom is 0.335 e. The van der Waals surface area contributed by atoms with Crippen molar-refractivity contribution in [1.29, 1.82) is 0 Å². The molecule has 5 atom stereocenters. The summed E-state index contributed by atoms with van der Waals surface area (Å²) in [6, 6.07) is 5.13. The standard InChI is InChI=1S/C21H18O13/c22-7-4-10(25)12-11(5-7)32-17(6-1-2-8(23)9(24)3-6)18(13(12)26)33-21-16(29)14(27)15(28)19(34-21)20(30)31/h1-5,14-16,19,21-25,27-29H,(H,30,31)/t14?,15-,16?,19-,21+/m0/s1. The van der Waals surface area contributed by atoms with Crippen molar-refractivity contribution in [2.45, 2.75) is 30.7 Å². The lowest BCUT2D eigenvalue weighted by Gasteiger charge is -2.38. The second kappa shape index (κ2) is 8.39. The Morgan fingerprint density at radius 3 is 2.24 bits per heavy atom. The predicted octanol–water partition coefficient (Wildman–Crippen LogP) is -0.447. The Hall–Kier alpha value is -4.04. The highest BCUT2D eigenvalue weighted by Gasteiger charge is 2.48. The van der Waals surface area contributed by atoms with Crippen LogP contribution in [0.25, 0.3) is 22.3 Å². The number of carboxylic acids is 1. The molecule has 0 bridgehead atoms. The molecular formula is C21H18O13. The third-order valence-electron chi connectivity index (χ3n) is 5.20. The van der Waals surface area contributed by atoms with Crippen LogP contribution < -0.4 is 10.2 Å². The van der Waals surface area contributed by atoms with Gasteiger partial charge in [0, 0.05) is 17.7 Å². The molecule has 2 aromatic carbocycles. The Bertz CT molecular complexity index is 1330. The Kier molecular flexibility index (Phi) is 5.70. The third-order valence-corrected chi connectivity index (χ3v) is 5.20. The van der Waals surface area contributed by atoms with Crippen molar-refractivity contribution in [3.05, 3.63) is 40.6 Å². The summed E-state index contributed by atoms with van der Waals surface area (Å²) in [4.78, 5) is 24.6. The number of ether oxygens (including phenoxy) is 2. The summed E-state index contributed by atoms with van der Waals surface area (Å²) in [5, 5.41) is 78.3. The first kappa shape index (κ1) is 23.1. The van der Waals surface area contributed by atoms with Gasteiger partial charge in [-0.1, -0.05) is 0 Å². The lowest BCUT2D eigenvalue weighted by atomic mass is 9.99. The minimum atomic E-state index is -2.03. The second-order valence-electron chi connectivity index (χ2n) is 7.48. The number of rotatable bonds is 4. The van der Waals surface area contributed by atoms with Crippen LogP contribution in [0.15, 0.2) is 39.5 Å². The first-order valence-electron chi connectivity index (χ1n) is 9.64. The maximum absolute atomic E-state index is 13.2. The molecular weight excluding hydrogens is 460 g/mol. The average molecular weight is 478 g/mol. The maximum atomic E-state index is 13.2. The van der Waals surface area contributed by atoms with Crippen molar-refractivity contribution in [1.82, 2.24) is 0 Å². The summed E-state index contributed by atoms with van der Waals surface area (Å²) in [6.45, 7) is 0. The fourth-order valence-corrected chi connectivity index (χ4v) is 3.50. The van der Waals surface area contributed by atoms with Gasteiger partial charge in [-0.2, -0.15) is 0 Å². The van der Waals surface area contributed by atoms with E-state index in [9.17, 15) is 50.4 Å². The molecule has 1 aliphatic heterocycles. The number of aromatic hydroxyl groups is 4. The summed E-state index contributed by atoms with van der Waals surface area (Å²) < 4.78 is 16.1. The van der Waals surface area contributed by atoms with Gasteiger partial charge in [-0.3, -0.25) is 4.79 Å². The number of aliphatic hydroxyl groups is 3. The van der Waals surface area contributed by atoms with E-state index in [1.807, 2.05) is 0 Å². The molecule has 1 aliphatic rings. The van der Waals surface area contributed by atoms with Gasteiger partial charge in [0.15, 0.2) is 23.4 Å². The van der Waals surface area contributed by atoms with Crippen LogP contribution in [0.5, 0.6) is 28.7 Å². The Balaban J connectivity index is 1.91. The van der Waals surface area contributed by atoms with E-state index in [1.54, 1.807) is 0 Å². The number of carboxylic acid groups (broad SMARTS) is 1. The van der Waals surface area contributed by atoms with Crippen molar-refractivity contribution in [3.63, 3.8) is 0 Å². The highest BCUT2D eigenvalue weighted by Crippen LogP contribution is 2.39. The Morgan fingerprint density at radius 2 is 1.59 bits per heavy atom. The van der Waals surface area contributed by atoms with Crippen molar-refractivity contribution in [2.75, 3.05) is 0 Å². The molecule has 8 N–H and O–H groups in total. The molecule has 0 saturated carbocycles. The SMILES string of the molecule is O=C(O)[C@H]1O[C@@H](Oc2c(-c3ccc(O)c(O)c3)oc3cc(O)cc(O)c3c2=O)C(O)C(O)[C@@H]1O. The van der Waals surface area contributed by atoms with Crippen LogP contribution in [0.4, 0.5) is 0 Å². The van der Waals surface area contributed by atoms with Gasteiger partial charge in [-0.05, 0) is 18.2 Å². The van der Waals surface area contributed by atoms with Crippen LogP contribution in [0, 0.1) is 0 Å². The normalized spacial score (nSPS) is 24.7. The predicted molar refractivity (Wildman–Crippen MR) is 110 cm³/mol. The summed E-state index contributed by atoms with van der Waals surface area (Å²) in [5.41, 5.74) is -1.40. The molecule has 0 radical (unpaired) electrons. The second-order valence-corrected chi connectivity index (χ2v) is 7.48. The van der Waals surface area contributed by atoms with Gasteiger partial charge in [0.1, 0.15) is 40.8 Å². The summed E-state index contributed by atoms with van der Waals surface area (Å²) in [5.74, 6) is -5.11. The van der Waals surface area contributed by atoms with Crippen molar-refractivity contribution in [3.8, 4) is 40.1 Å². The van der Waals surface area contributed by atoms with Crippen LogP contribution >= 0.6 is 0 Å². The molecule has 13 heteroatoms. The van der Waals surface area contributed by atoms with Gasteiger partial charge in [-0.25, -0.2) is 4.79 Å². The molecule has 4 rings (SSSR count). The molecule has 0 aliphatic carbocycles. The minimum Gasteiger partial charge on any atom is -0.508 e. The molecule has 1 saturated heterocycles. The average Bonchev–Trinajstić information content (AvgIpc) is 2.76. The van der Waals surface area contributed by atoms with Gasteiger partial charge < -0.3 is 54.7 Å². The third kappa shape index (κ3) is 3.82. The molecule has 2 unspecified atom stereocenters. The number of hydrogen-bond acceptors (Lipinski definition) is 12. The van der Waals surface area contributed by atoms with Crippen LogP contribution in [0.2, 0.25) is 0 Å². The van der Waals surface area contributed by atoms with Crippen molar-refractivity contribution >= 4 is 16.9 Å². The molecule has 34 heavy (non-hydrogen) atoms. The molecule has 3 aromatic rings. The summed E-state index contributed by atoms with van der Waals surface area (Å²) in [6.07, 6.45) is -10.1. The molecule has 1 fully saturated rings. The van der Waals surface area contributed by atoms with Crippen LogP contribution in [-0.2, 0) is 9.53 Å². The topological polar surface area (TPSA) is 228 Å². The van der Waals surface area contributed by atoms with E-state index in [1.165, 1.54) is 6.07 Å². The van der Waals surface area contributed by atoms with Crippen LogP contribution in [0.3, 0.4) is 0 Å². The fraction of sp³-hybridized carbons (Fsp3) is 0.238. The van der Waals surface area contributed by atoms with Crippen molar-refractivity contribution < 1.29 is 59.5 Å². The van der Waals surface area contributed by atoms with E-state index in [0.717, 1.165) is 24.3 Å². The number of phenols is 4. The minimum absolute atomic E-state index is 0.0483. The van der Waals surface area contributed by atoms with Crippen LogP contribution in [0.1, 0.15) is 0 Å². The zero-order chi connectivity index (χ0) is 24.9. The molecule has 13 nitrogen and oxygen atoms in total. The molecule has 1 aromatic heterocycles. The molecule has 0 spiro atoms. The highest BCUT2D eigenvalue weighted by atomic mass is 16.7. The van der Waals surface area contributed by atoms with E-state index in [-0.39, 0.29) is 11.1 Å². The van der Waals surface area contributed by atoms with Gasteiger partial charge in [-0.15, -0.1) is 0 Å². The van der Waals surface area contributed by atoms with E-state index >= 15 is 0 Å². The van der Waals surface area contributed by atoms with Gasteiger partial charge in [0.2, 0.25) is 17.5 Å². The highest BCUT2D eigenvalue weighted by molar-refractivity contribution is 5.88. The molecule has 180 valence electrons. The quantitative estimate of drug-likeness (QED) is 0.223. The van der Waals surface area contributed by atoms with E-state index in [2.05, 4.69) is 0 Å². The number of benzene rings is 2. The van der Waals surface area contributed by atoms with E-state index in [4.69, 9.17) is 13.9 Å². The van der Waals surface area contributed by atoms with E-state index < -0.39 is 82.0 Å². The summed E-state index contributed by atoms with van der Waals surface area (Å²) >= 11 is 0. The monoisotopic (exact) mass is 478 g/mol. The fourth-order valence-electron chi connectivity index (χ4n) is 3.50. The number of aliphatic carboxylic acids is 1. The first-order valence-corrected chi connectivity index (χ1v) is 9.64. The number of carbonyl (C=O) groups is 1. The zero-order valence-electron chi connectivity index (χ0n) is 16.9. The number of hydrogen-bond donors (Lipinski definition) is 8. The van der Waals surface area contributed by atoms with Crippen molar-refractivity contribution in [2.24, 2.45) is 0 Å². The van der Waals surface area contributed by atoms with Gasteiger partial charge in [0.25, 0.3) is 0 Å². The summed E-state index contributed by atoms with van der Waals surface area (Å²) in [7, 11) is 0. The lowest BCUT2D eigenvalue weighted by Crippen LogP contribution is -2.61. The smallest absolute Gasteiger partial charge is 0.335 e. The zero-order valence-corrected chi connectivity index (χ0v) is 16.9. The van der Waals surface area contributed by atoms with Crippen LogP contribution in [-0.4, -0.2) is 77.5 Å². The van der Waals surface area contributed by atoms with E-state index in [0.29, 0.717) is 0 Å². The molecule has 2 heterocycles. The number of phenolic OH excluding ortho intramolecular Hbond substituents is 4. The number of fused-ring (bicyclic) bond motifs is 1. The van der Waals surface area contributed by atoms with Gasteiger partial charge in [0.05, 0.1) is 0 Å². The first-order chi connectivity index (χ1) is 16.0. The molecule has 0 amide bonds. The lowest BCUT2D eigenvalue weighted by molar-refractivity contribution is -0.271. The number of aliphatic hydroxyl groups excluding tert-OH is 3. The van der Waals surface area contributed by atoms with Gasteiger partial charge >= 0.3 is 5.97 Å². The Labute approximate surface area is 188 Å². The largest absolute Gasteiger partial charge is 0.508 e. The Morgan fingerprint density at radius 1 is 0.882 bits per heavy atom.